The van der Waals surface area contributed by atoms with E-state index >= 15 is 0 Å². The number of piperazine rings is 1. The molecule has 1 saturated heterocycles. The molecule has 0 saturated carbocycles. The van der Waals surface area contributed by atoms with Crippen molar-refractivity contribution in [1.29, 1.82) is 0 Å². The first kappa shape index (κ1) is 19.6. The van der Waals surface area contributed by atoms with Crippen molar-refractivity contribution in [2.45, 2.75) is 6.04 Å². The van der Waals surface area contributed by atoms with Crippen LogP contribution in [0.4, 0.5) is 0 Å². The monoisotopic (exact) mass is 384 g/mol. The van der Waals surface area contributed by atoms with Crippen LogP contribution in [-0.4, -0.2) is 55.6 Å². The first-order valence-electron chi connectivity index (χ1n) is 9.18. The number of ether oxygens (including phenoxy) is 1. The zero-order valence-corrected chi connectivity index (χ0v) is 16.3. The minimum atomic E-state index is -0.305. The highest BCUT2D eigenvalue weighted by Crippen LogP contribution is 2.30. The van der Waals surface area contributed by atoms with Crippen molar-refractivity contribution in [3.8, 4) is 0 Å². The minimum Gasteiger partial charge on any atom is -0.466 e. The van der Waals surface area contributed by atoms with Gasteiger partial charge in [0.25, 0.3) is 0 Å². The molecule has 1 unspecified atom stereocenters. The number of esters is 1. The van der Waals surface area contributed by atoms with Crippen molar-refractivity contribution in [2.75, 3.05) is 39.8 Å². The van der Waals surface area contributed by atoms with E-state index in [0.29, 0.717) is 0 Å². The third-order valence-electron chi connectivity index (χ3n) is 4.89. The number of nitrogens with zero attached hydrogens (tertiary/aromatic N) is 2. The fourth-order valence-electron chi connectivity index (χ4n) is 3.46. The van der Waals surface area contributed by atoms with Crippen LogP contribution in [0.25, 0.3) is 0 Å². The van der Waals surface area contributed by atoms with Crippen LogP contribution in [0.2, 0.25) is 5.02 Å². The van der Waals surface area contributed by atoms with Gasteiger partial charge in [-0.05, 0) is 23.3 Å². The van der Waals surface area contributed by atoms with Gasteiger partial charge in [-0.1, -0.05) is 60.1 Å². The number of carbonyl (C=O) groups is 1. The summed E-state index contributed by atoms with van der Waals surface area (Å²) in [6.07, 6.45) is 3.36. The number of carbonyl (C=O) groups excluding carboxylic acids is 1. The van der Waals surface area contributed by atoms with Gasteiger partial charge in [-0.25, -0.2) is 4.79 Å². The molecule has 0 aliphatic carbocycles. The zero-order chi connectivity index (χ0) is 19.1. The quantitative estimate of drug-likeness (QED) is 0.560. The lowest BCUT2D eigenvalue weighted by molar-refractivity contribution is -0.134. The van der Waals surface area contributed by atoms with E-state index in [4.69, 9.17) is 11.6 Å². The summed E-state index contributed by atoms with van der Waals surface area (Å²) in [4.78, 5) is 16.0. The van der Waals surface area contributed by atoms with Crippen LogP contribution in [0.15, 0.2) is 66.7 Å². The van der Waals surface area contributed by atoms with Gasteiger partial charge in [-0.15, -0.1) is 0 Å². The molecule has 27 heavy (non-hydrogen) atoms. The van der Waals surface area contributed by atoms with Crippen LogP contribution in [0.5, 0.6) is 0 Å². The third kappa shape index (κ3) is 5.42. The predicted molar refractivity (Wildman–Crippen MR) is 109 cm³/mol. The molecule has 3 rings (SSSR count). The lowest BCUT2D eigenvalue weighted by Gasteiger charge is -2.39. The molecule has 0 radical (unpaired) electrons. The molecule has 1 aliphatic heterocycles. The Morgan fingerprint density at radius 3 is 2.30 bits per heavy atom. The summed E-state index contributed by atoms with van der Waals surface area (Å²) in [5.41, 5.74) is 2.54. The van der Waals surface area contributed by atoms with Gasteiger partial charge < -0.3 is 4.74 Å². The maximum absolute atomic E-state index is 11.2. The van der Waals surface area contributed by atoms with Gasteiger partial charge in [0.1, 0.15) is 0 Å². The summed E-state index contributed by atoms with van der Waals surface area (Å²) in [6.45, 7) is 4.62. The van der Waals surface area contributed by atoms with Crippen molar-refractivity contribution in [3.05, 3.63) is 82.9 Å². The van der Waals surface area contributed by atoms with Crippen LogP contribution in [0, 0.1) is 0 Å². The Morgan fingerprint density at radius 1 is 1.04 bits per heavy atom. The lowest BCUT2D eigenvalue weighted by atomic mass is 9.96. The molecule has 142 valence electrons. The van der Waals surface area contributed by atoms with Crippen LogP contribution < -0.4 is 0 Å². The van der Waals surface area contributed by atoms with E-state index in [-0.39, 0.29) is 12.0 Å². The molecule has 0 bridgehead atoms. The van der Waals surface area contributed by atoms with Gasteiger partial charge in [0, 0.05) is 43.8 Å². The Bertz CT molecular complexity index is 754. The summed E-state index contributed by atoms with van der Waals surface area (Å²) >= 11 is 6.09. The van der Waals surface area contributed by atoms with Crippen molar-refractivity contribution < 1.29 is 9.53 Å². The summed E-state index contributed by atoms with van der Waals surface area (Å²) in [6, 6.07) is 19.0. The van der Waals surface area contributed by atoms with E-state index in [1.807, 2.05) is 24.3 Å². The topological polar surface area (TPSA) is 32.8 Å². The van der Waals surface area contributed by atoms with Crippen molar-refractivity contribution in [3.63, 3.8) is 0 Å². The summed E-state index contributed by atoms with van der Waals surface area (Å²) in [7, 11) is 1.39. The van der Waals surface area contributed by atoms with Gasteiger partial charge in [0.15, 0.2) is 0 Å². The van der Waals surface area contributed by atoms with Gasteiger partial charge in [0.05, 0.1) is 13.2 Å². The fraction of sp³-hybridized carbons (Fsp3) is 0.318. The number of benzene rings is 2. The molecule has 5 heteroatoms. The van der Waals surface area contributed by atoms with Crippen molar-refractivity contribution >= 4 is 17.6 Å². The Morgan fingerprint density at radius 2 is 1.67 bits per heavy atom. The number of methoxy groups -OCH3 is 1. The number of hydrogen-bond acceptors (Lipinski definition) is 4. The molecule has 2 aromatic carbocycles. The molecule has 2 aromatic rings. The number of halogens is 1. The third-order valence-corrected chi connectivity index (χ3v) is 5.14. The molecule has 0 spiro atoms. The van der Waals surface area contributed by atoms with Gasteiger partial charge in [0.2, 0.25) is 0 Å². The highest BCUT2D eigenvalue weighted by atomic mass is 35.5. The second-order valence-corrected chi connectivity index (χ2v) is 7.06. The van der Waals surface area contributed by atoms with Crippen LogP contribution in [-0.2, 0) is 9.53 Å². The molecule has 0 amide bonds. The molecule has 1 fully saturated rings. The van der Waals surface area contributed by atoms with Crippen molar-refractivity contribution in [1.82, 2.24) is 9.80 Å². The molecule has 4 nitrogen and oxygen atoms in total. The zero-order valence-electron chi connectivity index (χ0n) is 15.6. The summed E-state index contributed by atoms with van der Waals surface area (Å²) in [5.74, 6) is -0.305. The maximum atomic E-state index is 11.2. The number of hydrogen-bond donors (Lipinski definition) is 0. The second-order valence-electron chi connectivity index (χ2n) is 6.63. The molecule has 1 heterocycles. The SMILES string of the molecule is COC(=O)C=CCN1CCN(C(c2ccccc2)c2ccc(Cl)cc2)CC1. The summed E-state index contributed by atoms with van der Waals surface area (Å²) in [5, 5.41) is 0.757. The highest BCUT2D eigenvalue weighted by molar-refractivity contribution is 6.30. The Hall–Kier alpha value is -2.14. The van der Waals surface area contributed by atoms with Crippen LogP contribution in [0.3, 0.4) is 0 Å². The number of rotatable bonds is 6. The normalized spacial score (nSPS) is 17.1. The van der Waals surface area contributed by atoms with E-state index in [9.17, 15) is 4.79 Å². The standard InChI is InChI=1S/C22H25ClN2O2/c1-27-21(26)8-5-13-24-14-16-25(17-15-24)22(18-6-3-2-4-7-18)19-9-11-20(23)12-10-19/h2-12,22H,13-17H2,1H3. The molecule has 1 atom stereocenters. The Balaban J connectivity index is 1.69. The van der Waals surface area contributed by atoms with E-state index in [1.54, 1.807) is 0 Å². The predicted octanol–water partition coefficient (Wildman–Crippen LogP) is 3.78. The highest BCUT2D eigenvalue weighted by Gasteiger charge is 2.26. The minimum absolute atomic E-state index is 0.219. The Kier molecular flexibility index (Phi) is 7.04. The maximum Gasteiger partial charge on any atom is 0.330 e. The molecular formula is C22H25ClN2O2. The van der Waals surface area contributed by atoms with Gasteiger partial charge in [-0.3, -0.25) is 9.80 Å². The molecule has 0 N–H and O–H groups in total. The van der Waals surface area contributed by atoms with Crippen LogP contribution in [0.1, 0.15) is 17.2 Å². The Labute approximate surface area is 166 Å². The van der Waals surface area contributed by atoms with E-state index < -0.39 is 0 Å². The molecule has 0 aromatic heterocycles. The van der Waals surface area contributed by atoms with Gasteiger partial charge in [-0.2, -0.15) is 0 Å². The average Bonchev–Trinajstić information content (AvgIpc) is 2.71. The lowest BCUT2D eigenvalue weighted by Crippen LogP contribution is -2.47. The molecular weight excluding hydrogens is 360 g/mol. The largest absolute Gasteiger partial charge is 0.466 e. The van der Waals surface area contributed by atoms with Crippen LogP contribution >= 0.6 is 11.6 Å². The van der Waals surface area contributed by atoms with Gasteiger partial charge >= 0.3 is 5.97 Å². The summed E-state index contributed by atoms with van der Waals surface area (Å²) < 4.78 is 4.63. The first-order valence-corrected chi connectivity index (χ1v) is 9.56. The van der Waals surface area contributed by atoms with Crippen molar-refractivity contribution in [2.24, 2.45) is 0 Å². The first-order chi connectivity index (χ1) is 13.2. The van der Waals surface area contributed by atoms with E-state index in [1.165, 1.54) is 24.3 Å². The smallest absolute Gasteiger partial charge is 0.330 e. The fourth-order valence-corrected chi connectivity index (χ4v) is 3.59. The van der Waals surface area contributed by atoms with E-state index in [2.05, 4.69) is 50.9 Å². The molecule has 1 aliphatic rings. The second kappa shape index (κ2) is 9.70. The van der Waals surface area contributed by atoms with E-state index in [0.717, 1.165) is 37.7 Å². The average molecular weight is 385 g/mol.